The molecule has 1 heterocycles. The van der Waals surface area contributed by atoms with E-state index in [0.29, 0.717) is 6.54 Å². The summed E-state index contributed by atoms with van der Waals surface area (Å²) in [6.07, 6.45) is 2.61. The summed E-state index contributed by atoms with van der Waals surface area (Å²) >= 11 is 0. The van der Waals surface area contributed by atoms with Gasteiger partial charge in [-0.25, -0.2) is 0 Å². The normalized spacial score (nSPS) is 22.3. The number of para-hydroxylation sites is 1. The lowest BCUT2D eigenvalue weighted by Gasteiger charge is -2.31. The molecule has 3 atom stereocenters. The first-order valence-corrected chi connectivity index (χ1v) is 8.13. The van der Waals surface area contributed by atoms with Crippen molar-refractivity contribution in [1.29, 1.82) is 0 Å². The van der Waals surface area contributed by atoms with Gasteiger partial charge in [0.05, 0.1) is 32.3 Å². The van der Waals surface area contributed by atoms with E-state index in [2.05, 4.69) is 10.6 Å². The highest BCUT2D eigenvalue weighted by molar-refractivity contribution is 5.77. The Balaban J connectivity index is 1.87. The highest BCUT2D eigenvalue weighted by Gasteiger charge is 2.28. The largest absolute Gasteiger partial charge is 0.496 e. The fraction of sp³-hybridized carbons (Fsp3) is 0.444. The molecular formula is C18H24N2O5. The molecule has 0 unspecified atom stereocenters. The van der Waals surface area contributed by atoms with Gasteiger partial charge in [0.25, 0.3) is 0 Å². The van der Waals surface area contributed by atoms with Gasteiger partial charge in [-0.15, -0.1) is 0 Å². The number of nitrogens with one attached hydrogen (secondary N) is 2. The van der Waals surface area contributed by atoms with Crippen LogP contribution in [-0.4, -0.2) is 48.9 Å². The minimum Gasteiger partial charge on any atom is -0.496 e. The fourth-order valence-corrected chi connectivity index (χ4v) is 2.67. The van der Waals surface area contributed by atoms with E-state index in [0.717, 1.165) is 11.3 Å². The van der Waals surface area contributed by atoms with Crippen molar-refractivity contribution >= 4 is 11.8 Å². The number of methoxy groups -OCH3 is 1. The van der Waals surface area contributed by atoms with Crippen molar-refractivity contribution in [2.45, 2.75) is 38.1 Å². The van der Waals surface area contributed by atoms with Crippen molar-refractivity contribution in [3.63, 3.8) is 0 Å². The highest BCUT2D eigenvalue weighted by Crippen LogP contribution is 2.18. The van der Waals surface area contributed by atoms with Gasteiger partial charge < -0.3 is 25.2 Å². The lowest BCUT2D eigenvalue weighted by Crippen LogP contribution is -2.48. The summed E-state index contributed by atoms with van der Waals surface area (Å²) in [5, 5.41) is 14.9. The van der Waals surface area contributed by atoms with Crippen LogP contribution in [-0.2, 0) is 20.9 Å². The van der Waals surface area contributed by atoms with Gasteiger partial charge in [-0.1, -0.05) is 30.4 Å². The van der Waals surface area contributed by atoms with Crippen LogP contribution in [0.25, 0.3) is 0 Å². The summed E-state index contributed by atoms with van der Waals surface area (Å²) in [7, 11) is 1.59. The van der Waals surface area contributed by atoms with Crippen molar-refractivity contribution in [2.75, 3.05) is 13.7 Å². The molecule has 7 heteroatoms. The topological polar surface area (TPSA) is 96.9 Å². The summed E-state index contributed by atoms with van der Waals surface area (Å²) in [6.45, 7) is 1.52. The number of aliphatic hydroxyl groups excluding tert-OH is 1. The predicted octanol–water partition coefficient (Wildman–Crippen LogP) is 0.522. The number of carbonyl (C=O) groups is 2. The Bertz CT molecular complexity index is 632. The zero-order chi connectivity index (χ0) is 18.2. The van der Waals surface area contributed by atoms with Gasteiger partial charge in [-0.3, -0.25) is 9.59 Å². The fourth-order valence-electron chi connectivity index (χ4n) is 2.67. The second kappa shape index (κ2) is 9.19. The standard InChI is InChI=1S/C18H24N2O5/c1-12(22)20-15-8-7-14(25-17(15)11-21)9-18(23)19-10-13-5-3-4-6-16(13)24-2/h3-8,14-15,17,21H,9-11H2,1-2H3,(H,19,23)(H,20,22)/t14-,15+,17-/m0/s1. The van der Waals surface area contributed by atoms with Gasteiger partial charge in [-0.2, -0.15) is 0 Å². The van der Waals surface area contributed by atoms with E-state index in [-0.39, 0.29) is 24.8 Å². The van der Waals surface area contributed by atoms with Crippen molar-refractivity contribution in [3.8, 4) is 5.75 Å². The van der Waals surface area contributed by atoms with Gasteiger partial charge in [-0.05, 0) is 6.07 Å². The number of carbonyl (C=O) groups excluding carboxylic acids is 2. The molecule has 136 valence electrons. The molecule has 0 saturated heterocycles. The molecule has 0 radical (unpaired) electrons. The van der Waals surface area contributed by atoms with Crippen molar-refractivity contribution in [1.82, 2.24) is 10.6 Å². The molecule has 0 bridgehead atoms. The minimum absolute atomic E-state index is 0.134. The maximum absolute atomic E-state index is 12.1. The lowest BCUT2D eigenvalue weighted by atomic mass is 10.0. The second-order valence-electron chi connectivity index (χ2n) is 5.80. The van der Waals surface area contributed by atoms with Crippen LogP contribution in [0.2, 0.25) is 0 Å². The van der Waals surface area contributed by atoms with Gasteiger partial charge in [0.1, 0.15) is 11.9 Å². The van der Waals surface area contributed by atoms with Crippen LogP contribution < -0.4 is 15.4 Å². The molecule has 25 heavy (non-hydrogen) atoms. The molecule has 2 rings (SSSR count). The third kappa shape index (κ3) is 5.58. The predicted molar refractivity (Wildman–Crippen MR) is 91.9 cm³/mol. The van der Waals surface area contributed by atoms with Crippen molar-refractivity contribution in [2.24, 2.45) is 0 Å². The SMILES string of the molecule is COc1ccccc1CNC(=O)C[C@@H]1C=C[C@@H](NC(C)=O)[C@H](CO)O1. The molecule has 2 amide bonds. The second-order valence-corrected chi connectivity index (χ2v) is 5.80. The smallest absolute Gasteiger partial charge is 0.223 e. The Hall–Kier alpha value is -2.38. The van der Waals surface area contributed by atoms with Gasteiger partial charge >= 0.3 is 0 Å². The minimum atomic E-state index is -0.569. The number of aliphatic hydroxyl groups is 1. The molecule has 0 saturated carbocycles. The van der Waals surface area contributed by atoms with Gasteiger partial charge in [0.2, 0.25) is 11.8 Å². The molecule has 0 fully saturated rings. The third-order valence-corrected chi connectivity index (χ3v) is 3.89. The van der Waals surface area contributed by atoms with E-state index in [4.69, 9.17) is 9.47 Å². The molecule has 0 aromatic heterocycles. The monoisotopic (exact) mass is 348 g/mol. The molecule has 0 aliphatic carbocycles. The highest BCUT2D eigenvalue weighted by atomic mass is 16.5. The molecule has 1 aliphatic rings. The first-order chi connectivity index (χ1) is 12.0. The van der Waals surface area contributed by atoms with Crippen LogP contribution in [0.4, 0.5) is 0 Å². The molecule has 0 spiro atoms. The Morgan fingerprint density at radius 1 is 1.28 bits per heavy atom. The van der Waals surface area contributed by atoms with Crippen LogP contribution in [0.5, 0.6) is 5.75 Å². The Morgan fingerprint density at radius 2 is 2.04 bits per heavy atom. The van der Waals surface area contributed by atoms with Crippen LogP contribution in [0.1, 0.15) is 18.9 Å². The van der Waals surface area contributed by atoms with E-state index < -0.39 is 18.2 Å². The summed E-state index contributed by atoms with van der Waals surface area (Å²) in [6, 6.07) is 7.07. The summed E-state index contributed by atoms with van der Waals surface area (Å²) in [4.78, 5) is 23.3. The Morgan fingerprint density at radius 3 is 2.72 bits per heavy atom. The molecule has 1 aliphatic heterocycles. The molecule has 1 aromatic rings. The van der Waals surface area contributed by atoms with Crippen LogP contribution in [0, 0.1) is 0 Å². The first-order valence-electron chi connectivity index (χ1n) is 8.13. The molecule has 1 aromatic carbocycles. The number of benzene rings is 1. The maximum atomic E-state index is 12.1. The number of ether oxygens (including phenoxy) is 2. The third-order valence-electron chi connectivity index (χ3n) is 3.89. The number of hydrogen-bond donors (Lipinski definition) is 3. The van der Waals surface area contributed by atoms with Gasteiger partial charge in [0.15, 0.2) is 0 Å². The van der Waals surface area contributed by atoms with Crippen LogP contribution in [0.15, 0.2) is 36.4 Å². The maximum Gasteiger partial charge on any atom is 0.223 e. The number of hydrogen-bond acceptors (Lipinski definition) is 5. The summed E-state index contributed by atoms with van der Waals surface area (Å²) in [5.41, 5.74) is 0.886. The zero-order valence-corrected chi connectivity index (χ0v) is 14.4. The Kier molecular flexibility index (Phi) is 6.97. The Labute approximate surface area is 147 Å². The number of rotatable bonds is 7. The van der Waals surface area contributed by atoms with E-state index in [1.54, 1.807) is 19.3 Å². The molecule has 7 nitrogen and oxygen atoms in total. The van der Waals surface area contributed by atoms with E-state index in [1.807, 2.05) is 24.3 Å². The van der Waals surface area contributed by atoms with Crippen molar-refractivity contribution < 1.29 is 24.2 Å². The van der Waals surface area contributed by atoms with Crippen LogP contribution in [0.3, 0.4) is 0 Å². The van der Waals surface area contributed by atoms with Crippen LogP contribution >= 0.6 is 0 Å². The zero-order valence-electron chi connectivity index (χ0n) is 14.4. The molecule has 3 N–H and O–H groups in total. The lowest BCUT2D eigenvalue weighted by molar-refractivity contribution is -0.127. The average Bonchev–Trinajstić information content (AvgIpc) is 2.61. The molecular weight excluding hydrogens is 324 g/mol. The van der Waals surface area contributed by atoms with E-state index >= 15 is 0 Å². The quantitative estimate of drug-likeness (QED) is 0.624. The summed E-state index contributed by atoms with van der Waals surface area (Å²) in [5.74, 6) is 0.343. The number of amides is 2. The first kappa shape index (κ1) is 19.0. The average molecular weight is 348 g/mol. The van der Waals surface area contributed by atoms with E-state index in [9.17, 15) is 14.7 Å². The van der Waals surface area contributed by atoms with E-state index in [1.165, 1.54) is 6.92 Å². The van der Waals surface area contributed by atoms with Crippen molar-refractivity contribution in [3.05, 3.63) is 42.0 Å². The summed E-state index contributed by atoms with van der Waals surface area (Å²) < 4.78 is 10.9. The van der Waals surface area contributed by atoms with Gasteiger partial charge in [0, 0.05) is 19.0 Å².